The summed E-state index contributed by atoms with van der Waals surface area (Å²) >= 11 is 0. The van der Waals surface area contributed by atoms with Crippen LogP contribution in [0.25, 0.3) is 11.1 Å². The van der Waals surface area contributed by atoms with Crippen molar-refractivity contribution in [3.8, 4) is 11.1 Å². The van der Waals surface area contributed by atoms with Crippen LogP contribution in [-0.2, 0) is 22.5 Å². The van der Waals surface area contributed by atoms with Gasteiger partial charge in [0.05, 0.1) is 12.9 Å². The fraction of sp³-hybridized carbons (Fsp3) is 0.444. The van der Waals surface area contributed by atoms with Crippen LogP contribution in [0.5, 0.6) is 0 Å². The van der Waals surface area contributed by atoms with Gasteiger partial charge in [-0.25, -0.2) is 0 Å². The van der Waals surface area contributed by atoms with E-state index in [4.69, 9.17) is 4.74 Å². The summed E-state index contributed by atoms with van der Waals surface area (Å²) in [6.45, 7) is 5.55. The number of ether oxygens (including phenoxy) is 1. The van der Waals surface area contributed by atoms with Gasteiger partial charge in [-0.15, -0.1) is 0 Å². The van der Waals surface area contributed by atoms with Gasteiger partial charge in [-0.2, -0.15) is 0 Å². The van der Waals surface area contributed by atoms with E-state index in [1.807, 2.05) is 24.9 Å². The van der Waals surface area contributed by atoms with Gasteiger partial charge < -0.3 is 9.64 Å². The number of benzene rings is 2. The normalized spacial score (nSPS) is 11.0. The molecule has 2 aromatic rings. The van der Waals surface area contributed by atoms with E-state index in [9.17, 15) is 4.79 Å². The lowest BCUT2D eigenvalue weighted by Gasteiger charge is -2.18. The average molecular weight is 408 g/mol. The first-order valence-corrected chi connectivity index (χ1v) is 11.3. The number of carbonyl (C=O) groups is 1. The lowest BCUT2D eigenvalue weighted by molar-refractivity contribution is -0.130. The minimum Gasteiger partial charge on any atom is -0.502 e. The minimum atomic E-state index is 0.237. The second-order valence-electron chi connectivity index (χ2n) is 7.84. The first kappa shape index (κ1) is 23.7. The monoisotopic (exact) mass is 407 g/mol. The van der Waals surface area contributed by atoms with Crippen molar-refractivity contribution in [1.29, 1.82) is 0 Å². The summed E-state index contributed by atoms with van der Waals surface area (Å²) in [6, 6.07) is 17.1. The predicted octanol–water partition coefficient (Wildman–Crippen LogP) is 6.77. The molecular weight excluding hydrogens is 370 g/mol. The van der Waals surface area contributed by atoms with Crippen LogP contribution in [0, 0.1) is 0 Å². The first-order valence-electron chi connectivity index (χ1n) is 11.3. The summed E-state index contributed by atoms with van der Waals surface area (Å²) in [5.74, 6) is 0.237. The quantitative estimate of drug-likeness (QED) is 0.271. The molecule has 3 heteroatoms. The Labute approximate surface area is 182 Å². The molecule has 2 rings (SSSR count). The van der Waals surface area contributed by atoms with Crippen molar-refractivity contribution < 1.29 is 9.53 Å². The molecule has 0 spiro atoms. The number of hydrogen-bond donors (Lipinski definition) is 0. The third kappa shape index (κ3) is 8.44. The highest BCUT2D eigenvalue weighted by Gasteiger charge is 2.09. The lowest BCUT2D eigenvalue weighted by atomic mass is 10.0. The highest BCUT2D eigenvalue weighted by Crippen LogP contribution is 2.22. The minimum absolute atomic E-state index is 0.237. The second-order valence-corrected chi connectivity index (χ2v) is 7.84. The van der Waals surface area contributed by atoms with Crippen LogP contribution in [0.1, 0.15) is 63.5 Å². The van der Waals surface area contributed by atoms with Gasteiger partial charge in [-0.1, -0.05) is 75.1 Å². The van der Waals surface area contributed by atoms with Gasteiger partial charge in [-0.05, 0) is 54.2 Å². The lowest BCUT2D eigenvalue weighted by Crippen LogP contribution is -2.25. The van der Waals surface area contributed by atoms with Crippen molar-refractivity contribution >= 4 is 5.91 Å². The van der Waals surface area contributed by atoms with Crippen LogP contribution in [0.4, 0.5) is 0 Å². The molecule has 3 nitrogen and oxygen atoms in total. The number of hydrogen-bond acceptors (Lipinski definition) is 2. The Kier molecular flexibility index (Phi) is 10.8. The molecule has 30 heavy (non-hydrogen) atoms. The van der Waals surface area contributed by atoms with Gasteiger partial charge in [0.1, 0.15) is 0 Å². The van der Waals surface area contributed by atoms with Crippen molar-refractivity contribution in [2.75, 3.05) is 13.7 Å². The van der Waals surface area contributed by atoms with Crippen LogP contribution in [0.15, 0.2) is 60.9 Å². The smallest absolute Gasteiger partial charge is 0.222 e. The van der Waals surface area contributed by atoms with Gasteiger partial charge in [0.25, 0.3) is 0 Å². The molecule has 0 aliphatic carbocycles. The van der Waals surface area contributed by atoms with Gasteiger partial charge >= 0.3 is 0 Å². The zero-order valence-electron chi connectivity index (χ0n) is 18.9. The van der Waals surface area contributed by atoms with E-state index in [1.54, 1.807) is 6.26 Å². The molecule has 162 valence electrons. The standard InChI is InChI=1S/C27H37NO2/c1-4-6-7-8-9-15-27(29)28(3)22-24-12-10-14-26(21-24)25-18-16-23(17-19-25)13-11-20-30-5-2/h10-12,14,16-21H,4-9,13,15,22H2,1-3H3/b20-11-. The number of rotatable bonds is 13. The number of nitrogens with zero attached hydrogens (tertiary/aromatic N) is 1. The molecule has 0 N–H and O–H groups in total. The van der Waals surface area contributed by atoms with Crippen LogP contribution >= 0.6 is 0 Å². The molecule has 0 bridgehead atoms. The largest absolute Gasteiger partial charge is 0.502 e. The van der Waals surface area contributed by atoms with Crippen LogP contribution < -0.4 is 0 Å². The van der Waals surface area contributed by atoms with Crippen molar-refractivity contribution in [1.82, 2.24) is 4.90 Å². The summed E-state index contributed by atoms with van der Waals surface area (Å²) in [5.41, 5.74) is 4.80. The maximum atomic E-state index is 12.4. The Morgan fingerprint density at radius 2 is 1.70 bits per heavy atom. The molecule has 0 aliphatic rings. The fourth-order valence-corrected chi connectivity index (χ4v) is 3.46. The molecule has 0 fully saturated rings. The average Bonchev–Trinajstić information content (AvgIpc) is 2.77. The zero-order valence-corrected chi connectivity index (χ0v) is 18.9. The molecule has 0 saturated heterocycles. The Morgan fingerprint density at radius 1 is 0.933 bits per heavy atom. The molecule has 0 unspecified atom stereocenters. The molecule has 0 aromatic heterocycles. The Bertz CT molecular complexity index is 780. The molecule has 0 atom stereocenters. The van der Waals surface area contributed by atoms with E-state index >= 15 is 0 Å². The molecule has 0 saturated carbocycles. The summed E-state index contributed by atoms with van der Waals surface area (Å²) in [5, 5.41) is 0. The van der Waals surface area contributed by atoms with Crippen molar-refractivity contribution in [3.63, 3.8) is 0 Å². The van der Waals surface area contributed by atoms with Crippen LogP contribution in [0.3, 0.4) is 0 Å². The molecule has 2 aromatic carbocycles. The van der Waals surface area contributed by atoms with E-state index < -0.39 is 0 Å². The Morgan fingerprint density at radius 3 is 2.43 bits per heavy atom. The molecule has 0 aliphatic heterocycles. The van der Waals surface area contributed by atoms with Gasteiger partial charge in [0.2, 0.25) is 5.91 Å². The summed E-state index contributed by atoms with van der Waals surface area (Å²) in [4.78, 5) is 14.3. The van der Waals surface area contributed by atoms with E-state index in [-0.39, 0.29) is 5.91 Å². The Balaban J connectivity index is 1.90. The molecule has 1 amide bonds. The maximum Gasteiger partial charge on any atom is 0.222 e. The summed E-state index contributed by atoms with van der Waals surface area (Å²) < 4.78 is 5.24. The number of amides is 1. The van der Waals surface area contributed by atoms with E-state index in [1.165, 1.54) is 36.0 Å². The zero-order chi connectivity index (χ0) is 21.6. The molecule has 0 heterocycles. The highest BCUT2D eigenvalue weighted by molar-refractivity contribution is 5.76. The third-order valence-corrected chi connectivity index (χ3v) is 5.27. The number of carbonyl (C=O) groups excluding carboxylic acids is 1. The number of allylic oxidation sites excluding steroid dienone is 1. The van der Waals surface area contributed by atoms with E-state index in [0.29, 0.717) is 19.6 Å². The first-order chi connectivity index (χ1) is 14.6. The Hall–Kier alpha value is -2.55. The fourth-order valence-electron chi connectivity index (χ4n) is 3.46. The third-order valence-electron chi connectivity index (χ3n) is 5.27. The van der Waals surface area contributed by atoms with Crippen molar-refractivity contribution in [2.45, 2.75) is 65.3 Å². The van der Waals surface area contributed by atoms with Crippen LogP contribution in [-0.4, -0.2) is 24.5 Å². The van der Waals surface area contributed by atoms with E-state index in [2.05, 4.69) is 55.5 Å². The van der Waals surface area contributed by atoms with Crippen LogP contribution in [0.2, 0.25) is 0 Å². The second kappa shape index (κ2) is 13.6. The van der Waals surface area contributed by atoms with Crippen molar-refractivity contribution in [3.05, 3.63) is 72.0 Å². The maximum absolute atomic E-state index is 12.4. The van der Waals surface area contributed by atoms with Gasteiger partial charge in [0, 0.05) is 20.0 Å². The van der Waals surface area contributed by atoms with Gasteiger partial charge in [0.15, 0.2) is 0 Å². The topological polar surface area (TPSA) is 29.5 Å². The summed E-state index contributed by atoms with van der Waals surface area (Å²) in [6.07, 6.45) is 11.2. The van der Waals surface area contributed by atoms with Gasteiger partial charge in [-0.3, -0.25) is 4.79 Å². The number of unbranched alkanes of at least 4 members (excludes halogenated alkanes) is 4. The summed E-state index contributed by atoms with van der Waals surface area (Å²) in [7, 11) is 1.91. The predicted molar refractivity (Wildman–Crippen MR) is 126 cm³/mol. The molecule has 0 radical (unpaired) electrons. The highest BCUT2D eigenvalue weighted by atomic mass is 16.5. The van der Waals surface area contributed by atoms with E-state index in [0.717, 1.165) is 24.8 Å². The van der Waals surface area contributed by atoms with Crippen molar-refractivity contribution in [2.24, 2.45) is 0 Å². The SMILES string of the molecule is CCCCCCCC(=O)N(C)Cc1cccc(-c2ccc(C/C=C\OCC)cc2)c1. The molecular formula is C27H37NO2.